The third-order valence-corrected chi connectivity index (χ3v) is 3.67. The van der Waals surface area contributed by atoms with Crippen molar-refractivity contribution in [2.24, 2.45) is 0 Å². The van der Waals surface area contributed by atoms with Crippen LogP contribution in [0.1, 0.15) is 15.9 Å². The summed E-state index contributed by atoms with van der Waals surface area (Å²) in [6.07, 6.45) is -5.00. The van der Waals surface area contributed by atoms with Gasteiger partial charge < -0.3 is 15.4 Å². The molecular formula is C18H13F4N3O6. The number of nitro benzene ring substituents is 1. The molecule has 0 aliphatic carbocycles. The van der Waals surface area contributed by atoms with Crippen molar-refractivity contribution in [3.8, 4) is 0 Å². The number of hydrogen-bond donors (Lipinski definition) is 2. The van der Waals surface area contributed by atoms with Gasteiger partial charge in [0.2, 0.25) is 0 Å². The fraction of sp³-hybridized carbons (Fsp3) is 0.167. The van der Waals surface area contributed by atoms with Gasteiger partial charge in [-0.1, -0.05) is 12.1 Å². The van der Waals surface area contributed by atoms with Gasteiger partial charge in [-0.25, -0.2) is 4.39 Å². The number of carbonyl (C=O) groups is 3. The van der Waals surface area contributed by atoms with Crippen LogP contribution in [0, 0.1) is 15.9 Å². The molecular weight excluding hydrogens is 430 g/mol. The molecule has 2 aromatic carbocycles. The number of rotatable bonds is 7. The second kappa shape index (κ2) is 9.65. The van der Waals surface area contributed by atoms with Gasteiger partial charge in [-0.3, -0.25) is 24.5 Å². The molecule has 0 aliphatic heterocycles. The number of nitrogens with zero attached hydrogens (tertiary/aromatic N) is 1. The van der Waals surface area contributed by atoms with E-state index in [1.54, 1.807) is 0 Å². The summed E-state index contributed by atoms with van der Waals surface area (Å²) in [6, 6.07) is 6.66. The first kappa shape index (κ1) is 23.3. The van der Waals surface area contributed by atoms with E-state index < -0.39 is 64.8 Å². The molecule has 0 heterocycles. The molecule has 31 heavy (non-hydrogen) atoms. The summed E-state index contributed by atoms with van der Waals surface area (Å²) in [4.78, 5) is 44.8. The van der Waals surface area contributed by atoms with E-state index in [4.69, 9.17) is 0 Å². The van der Waals surface area contributed by atoms with Crippen molar-refractivity contribution < 1.29 is 41.6 Å². The first-order valence-corrected chi connectivity index (χ1v) is 8.33. The molecule has 2 aromatic rings. The number of non-ortho nitro benzene ring substituents is 1. The molecule has 0 radical (unpaired) electrons. The van der Waals surface area contributed by atoms with Gasteiger partial charge in [0, 0.05) is 12.1 Å². The molecule has 0 fully saturated rings. The molecule has 0 bridgehead atoms. The number of hydrogen-bond acceptors (Lipinski definition) is 6. The highest BCUT2D eigenvalue weighted by atomic mass is 19.4. The molecule has 0 unspecified atom stereocenters. The molecule has 164 valence electrons. The van der Waals surface area contributed by atoms with Crippen LogP contribution in [0.4, 0.5) is 28.9 Å². The molecule has 2 N–H and O–H groups in total. The molecule has 9 nitrogen and oxygen atoms in total. The van der Waals surface area contributed by atoms with Crippen molar-refractivity contribution in [2.75, 3.05) is 18.5 Å². The minimum atomic E-state index is -5.00. The fourth-order valence-corrected chi connectivity index (χ4v) is 2.27. The number of ether oxygens (including phenoxy) is 1. The van der Waals surface area contributed by atoms with E-state index in [9.17, 15) is 42.1 Å². The number of nitro groups is 1. The van der Waals surface area contributed by atoms with E-state index in [1.807, 2.05) is 5.32 Å². The lowest BCUT2D eigenvalue weighted by molar-refractivity contribution is -0.385. The molecule has 2 amide bonds. The second-order valence-corrected chi connectivity index (χ2v) is 5.86. The van der Waals surface area contributed by atoms with Crippen LogP contribution in [-0.2, 0) is 20.5 Å². The van der Waals surface area contributed by atoms with Crippen LogP contribution >= 0.6 is 0 Å². The Labute approximate surface area is 171 Å². The molecule has 13 heteroatoms. The minimum Gasteiger partial charge on any atom is -0.454 e. The maximum absolute atomic E-state index is 13.5. The van der Waals surface area contributed by atoms with Crippen LogP contribution in [0.5, 0.6) is 0 Å². The summed E-state index contributed by atoms with van der Waals surface area (Å²) in [7, 11) is 0. The average Bonchev–Trinajstić information content (AvgIpc) is 2.70. The Morgan fingerprint density at radius 3 is 2.39 bits per heavy atom. The van der Waals surface area contributed by atoms with Crippen LogP contribution in [0.3, 0.4) is 0 Å². The summed E-state index contributed by atoms with van der Waals surface area (Å²) in [5.41, 5.74) is -3.39. The van der Waals surface area contributed by atoms with Gasteiger partial charge in [-0.15, -0.1) is 0 Å². The van der Waals surface area contributed by atoms with Crippen LogP contribution in [0.15, 0.2) is 42.5 Å². The van der Waals surface area contributed by atoms with Gasteiger partial charge >= 0.3 is 12.1 Å². The Morgan fingerprint density at radius 2 is 1.77 bits per heavy atom. The summed E-state index contributed by atoms with van der Waals surface area (Å²) >= 11 is 0. The van der Waals surface area contributed by atoms with E-state index in [0.717, 1.165) is 12.1 Å². The number of benzene rings is 2. The Morgan fingerprint density at radius 1 is 1.10 bits per heavy atom. The van der Waals surface area contributed by atoms with Gasteiger partial charge in [0.05, 0.1) is 21.7 Å². The van der Waals surface area contributed by atoms with E-state index in [1.165, 1.54) is 18.2 Å². The average molecular weight is 443 g/mol. The number of nitrogens with one attached hydrogen (secondary N) is 2. The number of carbonyl (C=O) groups excluding carboxylic acids is 3. The van der Waals surface area contributed by atoms with Crippen molar-refractivity contribution in [1.29, 1.82) is 0 Å². The van der Waals surface area contributed by atoms with E-state index in [-0.39, 0.29) is 11.6 Å². The number of alkyl halides is 3. The Kier molecular flexibility index (Phi) is 7.24. The monoisotopic (exact) mass is 443 g/mol. The van der Waals surface area contributed by atoms with Gasteiger partial charge in [0.1, 0.15) is 12.4 Å². The first-order valence-electron chi connectivity index (χ1n) is 8.33. The zero-order valence-corrected chi connectivity index (χ0v) is 15.4. The Balaban J connectivity index is 1.92. The lowest BCUT2D eigenvalue weighted by atomic mass is 10.1. The largest absolute Gasteiger partial charge is 0.454 e. The maximum atomic E-state index is 13.5. The van der Waals surface area contributed by atoms with Gasteiger partial charge in [-0.05, 0) is 18.2 Å². The van der Waals surface area contributed by atoms with Crippen LogP contribution in [-0.4, -0.2) is 35.9 Å². The highest BCUT2D eigenvalue weighted by Gasteiger charge is 2.35. The highest BCUT2D eigenvalue weighted by molar-refractivity contribution is 5.97. The zero-order valence-electron chi connectivity index (χ0n) is 15.4. The number of halogens is 4. The minimum absolute atomic E-state index is 0.250. The molecule has 0 aromatic heterocycles. The molecule has 0 saturated carbocycles. The second-order valence-electron chi connectivity index (χ2n) is 5.86. The van der Waals surface area contributed by atoms with Crippen molar-refractivity contribution in [3.63, 3.8) is 0 Å². The molecule has 0 atom stereocenters. The normalized spacial score (nSPS) is 10.8. The lowest BCUT2D eigenvalue weighted by Gasteiger charge is -2.13. The van der Waals surface area contributed by atoms with Crippen LogP contribution in [0.25, 0.3) is 0 Å². The smallest absolute Gasteiger partial charge is 0.418 e. The number of amides is 2. The molecule has 0 spiro atoms. The lowest BCUT2D eigenvalue weighted by Crippen LogP contribution is -2.32. The van der Waals surface area contributed by atoms with Gasteiger partial charge in [0.25, 0.3) is 17.5 Å². The summed E-state index contributed by atoms with van der Waals surface area (Å²) < 4.78 is 57.2. The SMILES string of the molecule is O=C(COC(=O)CNC(=O)c1ccccc1F)Nc1ccc([N+](=O)[O-])cc1C(F)(F)F. The maximum Gasteiger partial charge on any atom is 0.418 e. The van der Waals surface area contributed by atoms with Crippen LogP contribution in [0.2, 0.25) is 0 Å². The predicted octanol–water partition coefficient (Wildman–Crippen LogP) is 2.66. The fourth-order valence-electron chi connectivity index (χ4n) is 2.27. The Bertz CT molecular complexity index is 1030. The van der Waals surface area contributed by atoms with Gasteiger partial charge in [-0.2, -0.15) is 13.2 Å². The molecule has 0 aliphatic rings. The predicted molar refractivity (Wildman–Crippen MR) is 96.4 cm³/mol. The number of esters is 1. The number of anilines is 1. The third kappa shape index (κ3) is 6.48. The standard InChI is InChI=1S/C18H13F4N3O6/c19-13-4-2-1-3-11(13)17(28)23-8-16(27)31-9-15(26)24-14-6-5-10(25(29)30)7-12(14)18(20,21)22/h1-7H,8-9H2,(H,23,28)(H,24,26). The van der Waals surface area contributed by atoms with E-state index in [0.29, 0.717) is 6.07 Å². The molecule has 0 saturated heterocycles. The van der Waals surface area contributed by atoms with Gasteiger partial charge in [0.15, 0.2) is 6.61 Å². The van der Waals surface area contributed by atoms with E-state index in [2.05, 4.69) is 10.1 Å². The Hall–Kier alpha value is -4.03. The summed E-state index contributed by atoms with van der Waals surface area (Å²) in [6.45, 7) is -1.73. The third-order valence-electron chi connectivity index (χ3n) is 3.67. The molecule has 2 rings (SSSR count). The van der Waals surface area contributed by atoms with Crippen molar-refractivity contribution in [3.05, 3.63) is 69.5 Å². The summed E-state index contributed by atoms with van der Waals surface area (Å²) in [5, 5.41) is 14.6. The van der Waals surface area contributed by atoms with Crippen LogP contribution < -0.4 is 10.6 Å². The summed E-state index contributed by atoms with van der Waals surface area (Å²) in [5.74, 6) is -4.01. The quantitative estimate of drug-likeness (QED) is 0.293. The zero-order chi connectivity index (χ0) is 23.2. The topological polar surface area (TPSA) is 128 Å². The highest BCUT2D eigenvalue weighted by Crippen LogP contribution is 2.37. The van der Waals surface area contributed by atoms with Crippen molar-refractivity contribution in [2.45, 2.75) is 6.18 Å². The first-order chi connectivity index (χ1) is 14.5. The van der Waals surface area contributed by atoms with Crippen molar-refractivity contribution >= 4 is 29.2 Å². The van der Waals surface area contributed by atoms with E-state index >= 15 is 0 Å². The van der Waals surface area contributed by atoms with Crippen molar-refractivity contribution in [1.82, 2.24) is 5.32 Å².